The Kier molecular flexibility index (Phi) is 6.99. The van der Waals surface area contributed by atoms with Gasteiger partial charge in [-0.05, 0) is 35.4 Å². The highest BCUT2D eigenvalue weighted by molar-refractivity contribution is 6.30. The van der Waals surface area contributed by atoms with Crippen LogP contribution in [0, 0.1) is 0 Å². The van der Waals surface area contributed by atoms with E-state index in [9.17, 15) is 9.59 Å². The van der Waals surface area contributed by atoms with Gasteiger partial charge in [0.1, 0.15) is 0 Å². The fourth-order valence-electron chi connectivity index (χ4n) is 1.95. The van der Waals surface area contributed by atoms with Crippen molar-refractivity contribution in [3.8, 4) is 0 Å². The van der Waals surface area contributed by atoms with Crippen LogP contribution < -0.4 is 0 Å². The van der Waals surface area contributed by atoms with E-state index in [2.05, 4.69) is 4.74 Å². The quantitative estimate of drug-likeness (QED) is 0.576. The number of methoxy groups -OCH3 is 1. The molecule has 2 rings (SSSR count). The van der Waals surface area contributed by atoms with Crippen molar-refractivity contribution in [1.29, 1.82) is 0 Å². The standard InChI is InChI=1S/C20H17ClO4/c1-24-20(23)18(13-9-15-5-3-2-4-6-15)25-19(22)14-10-16-7-11-17(21)12-8-16/h2-14,18H,1H3/b13-9+,14-10+/t18-/m1/s1. The summed E-state index contributed by atoms with van der Waals surface area (Å²) >= 11 is 5.80. The molecule has 0 amide bonds. The van der Waals surface area contributed by atoms with Gasteiger partial charge < -0.3 is 9.47 Å². The molecule has 0 aliphatic carbocycles. The molecular weight excluding hydrogens is 340 g/mol. The number of rotatable bonds is 6. The predicted molar refractivity (Wildman–Crippen MR) is 97.9 cm³/mol. The van der Waals surface area contributed by atoms with Crippen molar-refractivity contribution in [2.24, 2.45) is 0 Å². The minimum absolute atomic E-state index is 0.608. The van der Waals surface area contributed by atoms with Gasteiger partial charge in [0.2, 0.25) is 6.10 Å². The maximum Gasteiger partial charge on any atom is 0.351 e. The van der Waals surface area contributed by atoms with Crippen molar-refractivity contribution in [2.45, 2.75) is 6.10 Å². The van der Waals surface area contributed by atoms with Crippen molar-refractivity contribution in [3.63, 3.8) is 0 Å². The van der Waals surface area contributed by atoms with Crippen molar-refractivity contribution in [3.05, 3.63) is 82.9 Å². The molecule has 128 valence electrons. The Balaban J connectivity index is 2.03. The molecule has 25 heavy (non-hydrogen) atoms. The number of benzene rings is 2. The summed E-state index contributed by atoms with van der Waals surface area (Å²) in [6.45, 7) is 0. The summed E-state index contributed by atoms with van der Waals surface area (Å²) in [6.07, 6.45) is 4.88. The molecule has 0 radical (unpaired) electrons. The summed E-state index contributed by atoms with van der Waals surface area (Å²) in [5, 5.41) is 0.608. The molecule has 0 unspecified atom stereocenters. The van der Waals surface area contributed by atoms with Crippen molar-refractivity contribution in [1.82, 2.24) is 0 Å². The Morgan fingerprint density at radius 2 is 1.60 bits per heavy atom. The number of carbonyl (C=O) groups is 2. The van der Waals surface area contributed by atoms with E-state index in [0.717, 1.165) is 11.1 Å². The van der Waals surface area contributed by atoms with Gasteiger partial charge in [-0.2, -0.15) is 0 Å². The van der Waals surface area contributed by atoms with Gasteiger partial charge in [-0.15, -0.1) is 0 Å². The lowest BCUT2D eigenvalue weighted by Gasteiger charge is -2.10. The third-order valence-electron chi connectivity index (χ3n) is 3.22. The lowest BCUT2D eigenvalue weighted by Crippen LogP contribution is -2.25. The van der Waals surface area contributed by atoms with E-state index in [1.165, 1.54) is 19.3 Å². The molecule has 0 aromatic heterocycles. The van der Waals surface area contributed by atoms with Gasteiger partial charge in [0.25, 0.3) is 0 Å². The smallest absolute Gasteiger partial charge is 0.351 e. The van der Waals surface area contributed by atoms with Crippen LogP contribution in [0.1, 0.15) is 11.1 Å². The van der Waals surface area contributed by atoms with Gasteiger partial charge >= 0.3 is 11.9 Å². The lowest BCUT2D eigenvalue weighted by atomic mass is 10.2. The molecule has 2 aromatic rings. The fourth-order valence-corrected chi connectivity index (χ4v) is 2.07. The highest BCUT2D eigenvalue weighted by Crippen LogP contribution is 2.11. The molecule has 4 nitrogen and oxygen atoms in total. The molecule has 0 aliphatic rings. The molecule has 2 aromatic carbocycles. The van der Waals surface area contributed by atoms with E-state index >= 15 is 0 Å². The van der Waals surface area contributed by atoms with Crippen LogP contribution in [0.4, 0.5) is 0 Å². The average Bonchev–Trinajstić information content (AvgIpc) is 2.64. The van der Waals surface area contributed by atoms with Crippen LogP contribution in [0.2, 0.25) is 5.02 Å². The molecule has 0 spiro atoms. The lowest BCUT2D eigenvalue weighted by molar-refractivity contribution is -0.159. The van der Waals surface area contributed by atoms with Crippen LogP contribution >= 0.6 is 11.6 Å². The third-order valence-corrected chi connectivity index (χ3v) is 3.47. The average molecular weight is 357 g/mol. The zero-order valence-electron chi connectivity index (χ0n) is 13.6. The second kappa shape index (κ2) is 9.45. The van der Waals surface area contributed by atoms with Crippen LogP contribution in [0.5, 0.6) is 0 Å². The normalized spacial score (nSPS) is 12.2. The monoisotopic (exact) mass is 356 g/mol. The Bertz CT molecular complexity index is 764. The van der Waals surface area contributed by atoms with Crippen LogP contribution in [0.25, 0.3) is 12.2 Å². The molecular formula is C20H17ClO4. The molecule has 0 heterocycles. The van der Waals surface area contributed by atoms with E-state index in [0.29, 0.717) is 5.02 Å². The zero-order valence-corrected chi connectivity index (χ0v) is 14.3. The van der Waals surface area contributed by atoms with E-state index in [1.807, 2.05) is 30.3 Å². The van der Waals surface area contributed by atoms with Crippen LogP contribution in [-0.2, 0) is 19.1 Å². The van der Waals surface area contributed by atoms with Gasteiger partial charge in [0, 0.05) is 11.1 Å². The molecule has 0 fully saturated rings. The van der Waals surface area contributed by atoms with Crippen molar-refractivity contribution >= 4 is 35.7 Å². The highest BCUT2D eigenvalue weighted by atomic mass is 35.5. The Morgan fingerprint density at radius 3 is 2.24 bits per heavy atom. The number of hydrogen-bond donors (Lipinski definition) is 0. The van der Waals surface area contributed by atoms with Crippen LogP contribution in [0.3, 0.4) is 0 Å². The van der Waals surface area contributed by atoms with Crippen LogP contribution in [0.15, 0.2) is 66.7 Å². The Hall–Kier alpha value is -2.85. The first-order valence-corrected chi connectivity index (χ1v) is 7.91. The number of halogens is 1. The van der Waals surface area contributed by atoms with Gasteiger partial charge in [-0.1, -0.05) is 60.1 Å². The topological polar surface area (TPSA) is 52.6 Å². The van der Waals surface area contributed by atoms with Gasteiger partial charge in [-0.3, -0.25) is 0 Å². The van der Waals surface area contributed by atoms with Crippen molar-refractivity contribution in [2.75, 3.05) is 7.11 Å². The van der Waals surface area contributed by atoms with Gasteiger partial charge in [0.05, 0.1) is 7.11 Å². The molecule has 1 atom stereocenters. The minimum atomic E-state index is -1.12. The summed E-state index contributed by atoms with van der Waals surface area (Å²) in [4.78, 5) is 23.7. The summed E-state index contributed by atoms with van der Waals surface area (Å²) in [6, 6.07) is 16.3. The van der Waals surface area contributed by atoms with E-state index in [-0.39, 0.29) is 0 Å². The molecule has 0 aliphatic heterocycles. The minimum Gasteiger partial charge on any atom is -0.466 e. The first-order chi connectivity index (χ1) is 12.1. The summed E-state index contributed by atoms with van der Waals surface area (Å²) < 4.78 is 9.83. The predicted octanol–water partition coefficient (Wildman–Crippen LogP) is 4.15. The molecule has 0 N–H and O–H groups in total. The maximum atomic E-state index is 11.9. The van der Waals surface area contributed by atoms with Crippen molar-refractivity contribution < 1.29 is 19.1 Å². The van der Waals surface area contributed by atoms with Gasteiger partial charge in [-0.25, -0.2) is 9.59 Å². The number of carbonyl (C=O) groups excluding carboxylic acids is 2. The second-order valence-corrected chi connectivity index (χ2v) is 5.47. The van der Waals surface area contributed by atoms with E-state index < -0.39 is 18.0 Å². The van der Waals surface area contributed by atoms with Gasteiger partial charge in [0.15, 0.2) is 0 Å². The van der Waals surface area contributed by atoms with E-state index in [4.69, 9.17) is 16.3 Å². The first-order valence-electron chi connectivity index (χ1n) is 7.54. The third kappa shape index (κ3) is 6.28. The van der Waals surface area contributed by atoms with E-state index in [1.54, 1.807) is 36.4 Å². The summed E-state index contributed by atoms with van der Waals surface area (Å²) in [5.41, 5.74) is 1.67. The Labute approximate surface area is 151 Å². The Morgan fingerprint density at radius 1 is 0.960 bits per heavy atom. The maximum absolute atomic E-state index is 11.9. The second-order valence-electron chi connectivity index (χ2n) is 5.04. The SMILES string of the molecule is COC(=O)[C@@H](/C=C/c1ccccc1)OC(=O)/C=C/c1ccc(Cl)cc1. The largest absolute Gasteiger partial charge is 0.466 e. The number of ether oxygens (including phenoxy) is 2. The van der Waals surface area contributed by atoms with Crippen LogP contribution in [-0.4, -0.2) is 25.2 Å². The summed E-state index contributed by atoms with van der Waals surface area (Å²) in [5.74, 6) is -1.30. The highest BCUT2D eigenvalue weighted by Gasteiger charge is 2.19. The molecule has 0 bridgehead atoms. The summed E-state index contributed by atoms with van der Waals surface area (Å²) in [7, 11) is 1.24. The molecule has 0 saturated heterocycles. The first kappa shape index (κ1) is 18.5. The molecule has 5 heteroatoms. The number of hydrogen-bond acceptors (Lipinski definition) is 4. The molecule has 0 saturated carbocycles. The number of esters is 2. The fraction of sp³-hybridized carbons (Fsp3) is 0.100. The zero-order chi connectivity index (χ0) is 18.1.